The third kappa shape index (κ3) is 5.96. The van der Waals surface area contributed by atoms with Gasteiger partial charge in [0.2, 0.25) is 5.91 Å². The van der Waals surface area contributed by atoms with E-state index in [1.165, 1.54) is 23.8 Å². The van der Waals surface area contributed by atoms with Crippen LogP contribution < -0.4 is 19.7 Å². The Kier molecular flexibility index (Phi) is 9.29. The molecule has 39 heavy (non-hydrogen) atoms. The molecule has 4 rings (SSSR count). The van der Waals surface area contributed by atoms with Crippen LogP contribution in [0.15, 0.2) is 47.4 Å². The van der Waals surface area contributed by atoms with Gasteiger partial charge in [-0.05, 0) is 30.5 Å². The molecular weight excluding hydrogens is 534 g/mol. The summed E-state index contributed by atoms with van der Waals surface area (Å²) in [5, 5.41) is 2.81. The maximum absolute atomic E-state index is 13.7. The molecule has 0 unspecified atom stereocenters. The molecule has 3 amide bonds. The minimum atomic E-state index is -0.405. The van der Waals surface area contributed by atoms with E-state index in [4.69, 9.17) is 21.7 Å². The SMILES string of the molecule is CCCC[C@@H](CC)CN1C(=O)/C(=C2/C(=O)N(CC(=O)Nc3ccc(OC)cc3OC)c3ccccc32)SC1=S. The third-order valence-corrected chi connectivity index (χ3v) is 8.42. The van der Waals surface area contributed by atoms with Crippen molar-refractivity contribution in [3.63, 3.8) is 0 Å². The van der Waals surface area contributed by atoms with Crippen molar-refractivity contribution in [2.75, 3.05) is 37.5 Å². The van der Waals surface area contributed by atoms with Crippen LogP contribution in [-0.4, -0.2) is 54.3 Å². The number of para-hydroxylation sites is 1. The van der Waals surface area contributed by atoms with Gasteiger partial charge in [-0.15, -0.1) is 0 Å². The van der Waals surface area contributed by atoms with Crippen LogP contribution in [-0.2, 0) is 14.4 Å². The van der Waals surface area contributed by atoms with Crippen molar-refractivity contribution < 1.29 is 23.9 Å². The van der Waals surface area contributed by atoms with Crippen molar-refractivity contribution >= 4 is 63.0 Å². The summed E-state index contributed by atoms with van der Waals surface area (Å²) in [5.41, 5.74) is 1.95. The number of amides is 3. The van der Waals surface area contributed by atoms with Gasteiger partial charge in [-0.25, -0.2) is 0 Å². The molecule has 1 fully saturated rings. The number of hydrogen-bond acceptors (Lipinski definition) is 7. The van der Waals surface area contributed by atoms with Crippen LogP contribution in [0.25, 0.3) is 5.57 Å². The number of methoxy groups -OCH3 is 2. The largest absolute Gasteiger partial charge is 0.497 e. The lowest BCUT2D eigenvalue weighted by Gasteiger charge is -2.21. The van der Waals surface area contributed by atoms with Crippen LogP contribution in [0.3, 0.4) is 0 Å². The number of carbonyl (C=O) groups excluding carboxylic acids is 3. The van der Waals surface area contributed by atoms with Crippen LogP contribution in [0.5, 0.6) is 11.5 Å². The smallest absolute Gasteiger partial charge is 0.267 e. The van der Waals surface area contributed by atoms with Gasteiger partial charge in [-0.3, -0.25) is 24.2 Å². The fourth-order valence-corrected chi connectivity index (χ4v) is 6.12. The highest BCUT2D eigenvalue weighted by Gasteiger charge is 2.42. The van der Waals surface area contributed by atoms with Crippen LogP contribution in [0.2, 0.25) is 0 Å². The first kappa shape index (κ1) is 28.6. The quantitative estimate of drug-likeness (QED) is 0.284. The van der Waals surface area contributed by atoms with Crippen molar-refractivity contribution in [2.24, 2.45) is 5.92 Å². The van der Waals surface area contributed by atoms with E-state index < -0.39 is 11.8 Å². The van der Waals surface area contributed by atoms with Gasteiger partial charge < -0.3 is 14.8 Å². The molecule has 1 atom stereocenters. The van der Waals surface area contributed by atoms with Crippen LogP contribution in [0, 0.1) is 5.92 Å². The highest BCUT2D eigenvalue weighted by Crippen LogP contribution is 2.45. The number of thioether (sulfide) groups is 1. The van der Waals surface area contributed by atoms with Gasteiger partial charge in [-0.1, -0.05) is 75.3 Å². The molecule has 2 aliphatic rings. The molecule has 0 saturated carbocycles. The lowest BCUT2D eigenvalue weighted by molar-refractivity contribution is -0.123. The van der Waals surface area contributed by atoms with Crippen molar-refractivity contribution in [3.8, 4) is 11.5 Å². The number of hydrogen-bond donors (Lipinski definition) is 1. The molecular formula is C29H33N3O5S2. The Balaban J connectivity index is 1.58. The second kappa shape index (κ2) is 12.7. The van der Waals surface area contributed by atoms with E-state index in [1.54, 1.807) is 48.4 Å². The number of benzene rings is 2. The van der Waals surface area contributed by atoms with Crippen molar-refractivity contribution in [1.29, 1.82) is 0 Å². The van der Waals surface area contributed by atoms with Crippen LogP contribution in [0.4, 0.5) is 11.4 Å². The Morgan fingerprint density at radius 2 is 1.82 bits per heavy atom. The van der Waals surface area contributed by atoms with Crippen LogP contribution in [0.1, 0.15) is 45.1 Å². The summed E-state index contributed by atoms with van der Waals surface area (Å²) in [4.78, 5) is 43.7. The Bertz CT molecular complexity index is 1330. The number of thiocarbonyl (C=S) groups is 1. The number of ether oxygens (including phenoxy) is 2. The van der Waals surface area contributed by atoms with Gasteiger partial charge in [0.1, 0.15) is 22.4 Å². The van der Waals surface area contributed by atoms with E-state index in [0.29, 0.717) is 55.7 Å². The average Bonchev–Trinajstić information content (AvgIpc) is 3.37. The summed E-state index contributed by atoms with van der Waals surface area (Å²) in [6.07, 6.45) is 4.17. The number of unbranched alkanes of at least 4 members (excludes halogenated alkanes) is 1. The number of carbonyl (C=O) groups is 3. The summed E-state index contributed by atoms with van der Waals surface area (Å²) >= 11 is 6.75. The number of fused-ring (bicyclic) bond motifs is 1. The maximum atomic E-state index is 13.7. The van der Waals surface area contributed by atoms with Gasteiger partial charge >= 0.3 is 0 Å². The van der Waals surface area contributed by atoms with Crippen LogP contribution >= 0.6 is 24.0 Å². The Labute approximate surface area is 238 Å². The average molecular weight is 568 g/mol. The first-order chi connectivity index (χ1) is 18.8. The van der Waals surface area contributed by atoms with E-state index in [9.17, 15) is 14.4 Å². The number of nitrogens with one attached hydrogen (secondary N) is 1. The molecule has 1 N–H and O–H groups in total. The zero-order chi connectivity index (χ0) is 28.1. The summed E-state index contributed by atoms with van der Waals surface area (Å²) in [6.45, 7) is 4.59. The molecule has 0 radical (unpaired) electrons. The second-order valence-electron chi connectivity index (χ2n) is 9.43. The highest BCUT2D eigenvalue weighted by atomic mass is 32.2. The normalized spacial score (nSPS) is 17.5. The minimum absolute atomic E-state index is 0.232. The zero-order valence-corrected chi connectivity index (χ0v) is 24.2. The predicted molar refractivity (Wildman–Crippen MR) is 159 cm³/mol. The minimum Gasteiger partial charge on any atom is -0.497 e. The van der Waals surface area contributed by atoms with Crippen molar-refractivity contribution in [1.82, 2.24) is 4.90 Å². The Hall–Kier alpha value is -3.37. The highest BCUT2D eigenvalue weighted by molar-refractivity contribution is 8.26. The predicted octanol–water partition coefficient (Wildman–Crippen LogP) is 5.48. The summed E-state index contributed by atoms with van der Waals surface area (Å²) < 4.78 is 11.0. The lowest BCUT2D eigenvalue weighted by Crippen LogP contribution is -2.36. The number of nitrogens with zero attached hydrogens (tertiary/aromatic N) is 2. The lowest BCUT2D eigenvalue weighted by atomic mass is 9.98. The fourth-order valence-electron chi connectivity index (χ4n) is 4.77. The van der Waals surface area contributed by atoms with Gasteiger partial charge in [0.25, 0.3) is 11.8 Å². The first-order valence-electron chi connectivity index (χ1n) is 13.0. The topological polar surface area (TPSA) is 88.2 Å². The molecule has 0 aliphatic carbocycles. The molecule has 8 nitrogen and oxygen atoms in total. The van der Waals surface area contributed by atoms with E-state index in [1.807, 2.05) is 6.07 Å². The summed E-state index contributed by atoms with van der Waals surface area (Å²) in [5.74, 6) is 0.324. The van der Waals surface area contributed by atoms with E-state index in [0.717, 1.165) is 25.7 Å². The monoisotopic (exact) mass is 567 g/mol. The molecule has 0 bridgehead atoms. The number of anilines is 2. The fraction of sp³-hybridized carbons (Fsp3) is 0.379. The molecule has 10 heteroatoms. The van der Waals surface area contributed by atoms with E-state index in [-0.39, 0.29) is 12.5 Å². The molecule has 206 valence electrons. The molecule has 2 aliphatic heterocycles. The molecule has 0 spiro atoms. The molecule has 0 aromatic heterocycles. The summed E-state index contributed by atoms with van der Waals surface area (Å²) in [7, 11) is 3.04. The van der Waals surface area contributed by atoms with Gasteiger partial charge in [-0.2, -0.15) is 0 Å². The van der Waals surface area contributed by atoms with Gasteiger partial charge in [0.05, 0.1) is 36.1 Å². The van der Waals surface area contributed by atoms with E-state index >= 15 is 0 Å². The Morgan fingerprint density at radius 1 is 1.05 bits per heavy atom. The Morgan fingerprint density at radius 3 is 2.51 bits per heavy atom. The molecule has 1 saturated heterocycles. The standard InChI is InChI=1S/C29H33N3O5S2/c1-5-7-10-18(6-2)16-32-28(35)26(39-29(32)38)25-20-11-8-9-12-22(20)31(27(25)34)17-24(33)30-21-14-13-19(36-3)15-23(21)37-4/h8-9,11-15,18H,5-7,10,16-17H2,1-4H3,(H,30,33)/b26-25-/t18-/m1/s1. The maximum Gasteiger partial charge on any atom is 0.267 e. The third-order valence-electron chi connectivity index (χ3n) is 6.97. The van der Waals surface area contributed by atoms with E-state index in [2.05, 4.69) is 19.2 Å². The van der Waals surface area contributed by atoms with Gasteiger partial charge in [0.15, 0.2) is 0 Å². The van der Waals surface area contributed by atoms with Gasteiger partial charge in [0, 0.05) is 18.2 Å². The molecule has 2 aromatic rings. The van der Waals surface area contributed by atoms with Crippen molar-refractivity contribution in [2.45, 2.75) is 39.5 Å². The van der Waals surface area contributed by atoms with Crippen molar-refractivity contribution in [3.05, 3.63) is 52.9 Å². The zero-order valence-electron chi connectivity index (χ0n) is 22.6. The molecule has 2 heterocycles. The number of rotatable bonds is 11. The molecule has 2 aromatic carbocycles. The first-order valence-corrected chi connectivity index (χ1v) is 14.3. The second-order valence-corrected chi connectivity index (χ2v) is 11.1. The summed E-state index contributed by atoms with van der Waals surface area (Å²) in [6, 6.07) is 12.2.